The third-order valence-corrected chi connectivity index (χ3v) is 4.57. The average molecular weight is 353 g/mol. The van der Waals surface area contributed by atoms with Crippen molar-refractivity contribution in [3.63, 3.8) is 0 Å². The highest BCUT2D eigenvalue weighted by atomic mass is 16.5. The van der Waals surface area contributed by atoms with E-state index in [-0.39, 0.29) is 17.7 Å². The number of carbonyl (C=O) groups is 2. The van der Waals surface area contributed by atoms with Crippen molar-refractivity contribution in [1.29, 1.82) is 0 Å². The summed E-state index contributed by atoms with van der Waals surface area (Å²) >= 11 is 0. The first-order valence-corrected chi connectivity index (χ1v) is 8.78. The van der Waals surface area contributed by atoms with Gasteiger partial charge in [0.1, 0.15) is 11.4 Å². The number of nitrogens with one attached hydrogen (secondary N) is 1. The van der Waals surface area contributed by atoms with E-state index in [1.54, 1.807) is 30.3 Å². The van der Waals surface area contributed by atoms with Gasteiger partial charge in [0.15, 0.2) is 5.78 Å². The number of piperidine rings is 1. The summed E-state index contributed by atoms with van der Waals surface area (Å²) in [5, 5.41) is 2.92. The van der Waals surface area contributed by atoms with Crippen LogP contribution in [0.5, 0.6) is 5.75 Å². The number of aromatic nitrogens is 1. The van der Waals surface area contributed by atoms with Gasteiger partial charge in [0.2, 0.25) is 0 Å². The van der Waals surface area contributed by atoms with Crippen LogP contribution in [0.15, 0.2) is 48.7 Å². The Bertz CT molecular complexity index is 764. The Hall–Kier alpha value is -2.89. The molecule has 0 aliphatic carbocycles. The lowest BCUT2D eigenvalue weighted by Crippen LogP contribution is -2.46. The van der Waals surface area contributed by atoms with Crippen LogP contribution >= 0.6 is 0 Å². The summed E-state index contributed by atoms with van der Waals surface area (Å²) in [6.07, 6.45) is 3.22. The predicted octanol–water partition coefficient (Wildman–Crippen LogP) is 2.89. The fraction of sp³-hybridized carbons (Fsp3) is 0.350. The van der Waals surface area contributed by atoms with Crippen molar-refractivity contribution in [3.05, 3.63) is 59.9 Å². The summed E-state index contributed by atoms with van der Waals surface area (Å²) < 4.78 is 5.19. The molecule has 26 heavy (non-hydrogen) atoms. The van der Waals surface area contributed by atoms with E-state index in [1.165, 1.54) is 0 Å². The van der Waals surface area contributed by atoms with E-state index in [0.29, 0.717) is 25.3 Å². The van der Waals surface area contributed by atoms with E-state index in [1.807, 2.05) is 30.3 Å². The number of nitrogens with zero attached hydrogens (tertiary/aromatic N) is 2. The lowest BCUT2D eigenvalue weighted by atomic mass is 9.92. The zero-order valence-electron chi connectivity index (χ0n) is 14.9. The standard InChI is InChI=1S/C20H23N3O3/c1-26-17-8-4-6-15(12-17)13-22-20(25)23-11-5-7-16(14-23)19(24)18-9-2-3-10-21-18/h2-4,6,8-10,12,16H,5,7,11,13-14H2,1H3,(H,22,25)/t16-/m0/s1. The summed E-state index contributed by atoms with van der Waals surface area (Å²) in [5.41, 5.74) is 1.44. The molecular formula is C20H23N3O3. The van der Waals surface area contributed by atoms with Crippen LogP contribution in [-0.2, 0) is 6.54 Å². The molecular weight excluding hydrogens is 330 g/mol. The quantitative estimate of drug-likeness (QED) is 0.839. The van der Waals surface area contributed by atoms with Gasteiger partial charge in [-0.3, -0.25) is 9.78 Å². The number of pyridine rings is 1. The minimum Gasteiger partial charge on any atom is -0.497 e. The smallest absolute Gasteiger partial charge is 0.317 e. The predicted molar refractivity (Wildman–Crippen MR) is 98.1 cm³/mol. The first-order chi connectivity index (χ1) is 12.7. The van der Waals surface area contributed by atoms with Crippen molar-refractivity contribution in [2.75, 3.05) is 20.2 Å². The molecule has 1 aliphatic heterocycles. The molecule has 6 heteroatoms. The molecule has 0 saturated carbocycles. The highest BCUT2D eigenvalue weighted by molar-refractivity contribution is 5.96. The Balaban J connectivity index is 1.56. The summed E-state index contributed by atoms with van der Waals surface area (Å²) in [6, 6.07) is 12.8. The van der Waals surface area contributed by atoms with Gasteiger partial charge >= 0.3 is 6.03 Å². The number of hydrogen-bond acceptors (Lipinski definition) is 4. The lowest BCUT2D eigenvalue weighted by molar-refractivity contribution is 0.0840. The molecule has 0 bridgehead atoms. The van der Waals surface area contributed by atoms with Gasteiger partial charge in [0.05, 0.1) is 7.11 Å². The minimum atomic E-state index is -0.193. The second kappa shape index (κ2) is 8.47. The number of Topliss-reactive ketones (excluding diaryl/α,β-unsaturated/α-hetero) is 1. The Morgan fingerprint density at radius 3 is 2.92 bits per heavy atom. The number of rotatable bonds is 5. The molecule has 1 atom stereocenters. The van der Waals surface area contributed by atoms with Crippen molar-refractivity contribution < 1.29 is 14.3 Å². The molecule has 2 amide bonds. The van der Waals surface area contributed by atoms with Gasteiger partial charge < -0.3 is 15.0 Å². The highest BCUT2D eigenvalue weighted by Crippen LogP contribution is 2.20. The van der Waals surface area contributed by atoms with Gasteiger partial charge in [-0.1, -0.05) is 18.2 Å². The van der Waals surface area contributed by atoms with Gasteiger partial charge in [-0.25, -0.2) is 4.79 Å². The van der Waals surface area contributed by atoms with Crippen LogP contribution in [0.25, 0.3) is 0 Å². The molecule has 2 heterocycles. The Morgan fingerprint density at radius 1 is 1.27 bits per heavy atom. The second-order valence-electron chi connectivity index (χ2n) is 6.37. The fourth-order valence-corrected chi connectivity index (χ4v) is 3.17. The van der Waals surface area contributed by atoms with E-state index in [4.69, 9.17) is 4.74 Å². The normalized spacial score (nSPS) is 16.8. The molecule has 1 aromatic carbocycles. The van der Waals surface area contributed by atoms with Crippen LogP contribution in [0.3, 0.4) is 0 Å². The van der Waals surface area contributed by atoms with Gasteiger partial charge in [0, 0.05) is 31.7 Å². The third kappa shape index (κ3) is 4.39. The maximum Gasteiger partial charge on any atom is 0.317 e. The third-order valence-electron chi connectivity index (χ3n) is 4.57. The lowest BCUT2D eigenvalue weighted by Gasteiger charge is -2.32. The van der Waals surface area contributed by atoms with Crippen molar-refractivity contribution in [2.24, 2.45) is 5.92 Å². The number of benzene rings is 1. The fourth-order valence-electron chi connectivity index (χ4n) is 3.17. The number of likely N-dealkylation sites (tertiary alicyclic amines) is 1. The monoisotopic (exact) mass is 353 g/mol. The van der Waals surface area contributed by atoms with E-state index < -0.39 is 0 Å². The van der Waals surface area contributed by atoms with E-state index >= 15 is 0 Å². The summed E-state index contributed by atoms with van der Waals surface area (Å²) in [5.74, 6) is 0.577. The summed E-state index contributed by atoms with van der Waals surface area (Å²) in [7, 11) is 1.62. The van der Waals surface area contributed by atoms with Crippen LogP contribution in [0.1, 0.15) is 28.9 Å². The van der Waals surface area contributed by atoms with Crippen molar-refractivity contribution in [3.8, 4) is 5.75 Å². The van der Waals surface area contributed by atoms with Crippen LogP contribution in [0.4, 0.5) is 4.79 Å². The molecule has 1 aliphatic rings. The van der Waals surface area contributed by atoms with Crippen LogP contribution in [-0.4, -0.2) is 41.9 Å². The SMILES string of the molecule is COc1cccc(CNC(=O)N2CCC[C@H](C(=O)c3ccccn3)C2)c1. The van der Waals surface area contributed by atoms with Crippen molar-refractivity contribution >= 4 is 11.8 Å². The van der Waals surface area contributed by atoms with E-state index in [0.717, 1.165) is 24.2 Å². The van der Waals surface area contributed by atoms with Gasteiger partial charge in [-0.15, -0.1) is 0 Å². The maximum atomic E-state index is 12.6. The average Bonchev–Trinajstić information content (AvgIpc) is 2.72. The molecule has 1 aromatic heterocycles. The molecule has 1 N–H and O–H groups in total. The molecule has 6 nitrogen and oxygen atoms in total. The number of methoxy groups -OCH3 is 1. The second-order valence-corrected chi connectivity index (χ2v) is 6.37. The van der Waals surface area contributed by atoms with Gasteiger partial charge in [-0.2, -0.15) is 0 Å². The van der Waals surface area contributed by atoms with Crippen molar-refractivity contribution in [2.45, 2.75) is 19.4 Å². The maximum absolute atomic E-state index is 12.6. The minimum absolute atomic E-state index is 0.0101. The van der Waals surface area contributed by atoms with Crippen LogP contribution in [0, 0.1) is 5.92 Å². The Morgan fingerprint density at radius 2 is 2.15 bits per heavy atom. The van der Waals surface area contributed by atoms with Crippen LogP contribution in [0.2, 0.25) is 0 Å². The summed E-state index contributed by atoms with van der Waals surface area (Å²) in [6.45, 7) is 1.51. The van der Waals surface area contributed by atoms with Gasteiger partial charge in [0.25, 0.3) is 0 Å². The molecule has 1 fully saturated rings. The Labute approximate surface area is 153 Å². The topological polar surface area (TPSA) is 71.5 Å². The van der Waals surface area contributed by atoms with Gasteiger partial charge in [-0.05, 0) is 42.7 Å². The number of urea groups is 1. The first kappa shape index (κ1) is 17.9. The zero-order chi connectivity index (χ0) is 18.4. The zero-order valence-corrected chi connectivity index (χ0v) is 14.9. The molecule has 136 valence electrons. The van der Waals surface area contributed by atoms with E-state index in [9.17, 15) is 9.59 Å². The molecule has 0 spiro atoms. The highest BCUT2D eigenvalue weighted by Gasteiger charge is 2.29. The molecule has 0 radical (unpaired) electrons. The van der Waals surface area contributed by atoms with Crippen LogP contribution < -0.4 is 10.1 Å². The number of amides is 2. The number of ether oxygens (including phenoxy) is 1. The number of carbonyl (C=O) groups excluding carboxylic acids is 2. The molecule has 1 saturated heterocycles. The molecule has 2 aromatic rings. The van der Waals surface area contributed by atoms with E-state index in [2.05, 4.69) is 10.3 Å². The number of ketones is 1. The number of hydrogen-bond donors (Lipinski definition) is 1. The largest absolute Gasteiger partial charge is 0.497 e. The first-order valence-electron chi connectivity index (χ1n) is 8.78. The molecule has 3 rings (SSSR count). The molecule has 0 unspecified atom stereocenters. The Kier molecular flexibility index (Phi) is 5.84. The summed E-state index contributed by atoms with van der Waals surface area (Å²) in [4.78, 5) is 30.9. The van der Waals surface area contributed by atoms with Crippen molar-refractivity contribution in [1.82, 2.24) is 15.2 Å².